The van der Waals surface area contributed by atoms with Gasteiger partial charge in [-0.15, -0.1) is 0 Å². The van der Waals surface area contributed by atoms with Crippen LogP contribution in [0.25, 0.3) is 6.08 Å². The summed E-state index contributed by atoms with van der Waals surface area (Å²) >= 11 is 0. The predicted molar refractivity (Wildman–Crippen MR) is 108 cm³/mol. The van der Waals surface area contributed by atoms with E-state index in [1.165, 1.54) is 18.4 Å². The van der Waals surface area contributed by atoms with Crippen molar-refractivity contribution >= 4 is 17.9 Å². The number of unbranched alkanes of at least 4 members (excludes halogenated alkanes) is 1. The van der Waals surface area contributed by atoms with E-state index in [1.54, 1.807) is 19.3 Å². The van der Waals surface area contributed by atoms with Gasteiger partial charge in [0.15, 0.2) is 5.70 Å². The van der Waals surface area contributed by atoms with Gasteiger partial charge in [0.05, 0.1) is 7.11 Å². The molecule has 0 N–H and O–H groups in total. The largest absolute Gasteiger partial charge is 0.496 e. The molecule has 1 aliphatic heterocycles. The van der Waals surface area contributed by atoms with Gasteiger partial charge < -0.3 is 9.47 Å². The lowest BCUT2D eigenvalue weighted by Gasteiger charge is -2.02. The molecule has 0 fully saturated rings. The summed E-state index contributed by atoms with van der Waals surface area (Å²) in [5.41, 5.74) is 3.29. The van der Waals surface area contributed by atoms with E-state index < -0.39 is 5.97 Å². The van der Waals surface area contributed by atoms with E-state index in [0.717, 1.165) is 23.3 Å². The average molecular weight is 361 g/mol. The first-order chi connectivity index (χ1) is 13.2. The van der Waals surface area contributed by atoms with Gasteiger partial charge in [-0.25, -0.2) is 9.79 Å². The first kappa shape index (κ1) is 18.6. The summed E-state index contributed by atoms with van der Waals surface area (Å²) in [6.45, 7) is 2.18. The fourth-order valence-electron chi connectivity index (χ4n) is 2.79. The Kier molecular flexibility index (Phi) is 6.21. The zero-order chi connectivity index (χ0) is 19.1. The van der Waals surface area contributed by atoms with Gasteiger partial charge in [-0.05, 0) is 42.7 Å². The molecule has 0 aliphatic carbocycles. The van der Waals surface area contributed by atoms with Crippen molar-refractivity contribution in [3.8, 4) is 5.75 Å². The summed E-state index contributed by atoms with van der Waals surface area (Å²) < 4.78 is 10.6. The Morgan fingerprint density at radius 1 is 1.11 bits per heavy atom. The van der Waals surface area contributed by atoms with E-state index >= 15 is 0 Å². The number of ether oxygens (including phenoxy) is 2. The van der Waals surface area contributed by atoms with Gasteiger partial charge in [-0.1, -0.05) is 55.8 Å². The third-order valence-corrected chi connectivity index (χ3v) is 4.31. The maximum atomic E-state index is 12.1. The SMILES string of the molecule is CCCCc1ccc(C2=N/C(=C\C=C\c3ccccc3OC)C(=O)O2)cc1. The second-order valence-corrected chi connectivity index (χ2v) is 6.26. The third kappa shape index (κ3) is 4.73. The molecule has 0 saturated carbocycles. The molecule has 1 aliphatic rings. The van der Waals surface area contributed by atoms with Crippen LogP contribution in [0.5, 0.6) is 5.75 Å². The number of hydrogen-bond acceptors (Lipinski definition) is 4. The van der Waals surface area contributed by atoms with Crippen molar-refractivity contribution in [2.45, 2.75) is 26.2 Å². The van der Waals surface area contributed by atoms with Crippen LogP contribution in [0.4, 0.5) is 0 Å². The van der Waals surface area contributed by atoms with Crippen LogP contribution in [0.3, 0.4) is 0 Å². The van der Waals surface area contributed by atoms with Crippen LogP contribution < -0.4 is 4.74 Å². The van der Waals surface area contributed by atoms with Crippen LogP contribution in [-0.2, 0) is 16.0 Å². The zero-order valence-electron chi connectivity index (χ0n) is 15.6. The highest BCUT2D eigenvalue weighted by Crippen LogP contribution is 2.20. The molecule has 0 bridgehead atoms. The van der Waals surface area contributed by atoms with E-state index in [4.69, 9.17) is 9.47 Å². The second kappa shape index (κ2) is 8.99. The number of rotatable bonds is 7. The quantitative estimate of drug-likeness (QED) is 0.518. The zero-order valence-corrected chi connectivity index (χ0v) is 15.6. The highest BCUT2D eigenvalue weighted by atomic mass is 16.6. The van der Waals surface area contributed by atoms with E-state index in [0.29, 0.717) is 5.90 Å². The first-order valence-corrected chi connectivity index (χ1v) is 9.13. The van der Waals surface area contributed by atoms with E-state index in [2.05, 4.69) is 24.0 Å². The predicted octanol–water partition coefficient (Wildman–Crippen LogP) is 4.94. The van der Waals surface area contributed by atoms with Crippen molar-refractivity contribution in [3.05, 3.63) is 83.1 Å². The van der Waals surface area contributed by atoms with Gasteiger partial charge in [0.1, 0.15) is 5.75 Å². The molecule has 4 nitrogen and oxygen atoms in total. The van der Waals surface area contributed by atoms with Crippen LogP contribution in [0.2, 0.25) is 0 Å². The third-order valence-electron chi connectivity index (χ3n) is 4.31. The van der Waals surface area contributed by atoms with Gasteiger partial charge in [0, 0.05) is 11.1 Å². The topological polar surface area (TPSA) is 47.9 Å². The molecular formula is C23H23NO3. The number of carbonyl (C=O) groups is 1. The Bertz CT molecular complexity index is 892. The van der Waals surface area contributed by atoms with Crippen molar-refractivity contribution in [1.82, 2.24) is 0 Å². The standard InChI is InChI=1S/C23H23NO3/c1-3-4-8-17-13-15-19(16-14-17)22-24-20(23(25)27-22)11-7-10-18-9-5-6-12-21(18)26-2/h5-7,9-16H,3-4,8H2,1-2H3/b10-7+,20-11-. The molecule has 0 saturated heterocycles. The number of aliphatic imine (C=N–C) groups is 1. The minimum absolute atomic E-state index is 0.284. The van der Waals surface area contributed by atoms with Crippen molar-refractivity contribution in [1.29, 1.82) is 0 Å². The molecular weight excluding hydrogens is 338 g/mol. The Hall–Kier alpha value is -3.14. The molecule has 0 amide bonds. The van der Waals surface area contributed by atoms with Crippen molar-refractivity contribution in [2.24, 2.45) is 4.99 Å². The minimum atomic E-state index is -0.440. The van der Waals surface area contributed by atoms with Gasteiger partial charge in [-0.2, -0.15) is 0 Å². The van der Waals surface area contributed by atoms with Crippen LogP contribution in [0.1, 0.15) is 36.5 Å². The molecule has 0 radical (unpaired) electrons. The number of cyclic esters (lactones) is 1. The lowest BCUT2D eigenvalue weighted by molar-refractivity contribution is -0.130. The molecule has 1 heterocycles. The van der Waals surface area contributed by atoms with Gasteiger partial charge in [-0.3, -0.25) is 0 Å². The maximum Gasteiger partial charge on any atom is 0.363 e. The van der Waals surface area contributed by atoms with E-state index in [-0.39, 0.29) is 5.70 Å². The summed E-state index contributed by atoms with van der Waals surface area (Å²) in [5, 5.41) is 0. The number of nitrogens with zero attached hydrogens (tertiary/aromatic N) is 1. The number of methoxy groups -OCH3 is 1. The number of esters is 1. The average Bonchev–Trinajstić information content (AvgIpc) is 3.08. The molecule has 138 valence electrons. The van der Waals surface area contributed by atoms with Gasteiger partial charge in [0.25, 0.3) is 0 Å². The van der Waals surface area contributed by atoms with Crippen molar-refractivity contribution in [2.75, 3.05) is 7.11 Å². The monoisotopic (exact) mass is 361 g/mol. The Morgan fingerprint density at radius 3 is 2.63 bits per heavy atom. The summed E-state index contributed by atoms with van der Waals surface area (Å²) in [5.74, 6) is 0.678. The molecule has 4 heteroatoms. The van der Waals surface area contributed by atoms with Crippen LogP contribution in [0.15, 0.2) is 71.4 Å². The fourth-order valence-corrected chi connectivity index (χ4v) is 2.79. The molecule has 2 aromatic carbocycles. The summed E-state index contributed by atoms with van der Waals surface area (Å²) in [6, 6.07) is 15.7. The van der Waals surface area contributed by atoms with Gasteiger partial charge >= 0.3 is 5.97 Å². The summed E-state index contributed by atoms with van der Waals surface area (Å²) in [4.78, 5) is 16.4. The molecule has 0 atom stereocenters. The minimum Gasteiger partial charge on any atom is -0.496 e. The molecule has 3 rings (SSSR count). The maximum absolute atomic E-state index is 12.1. The number of para-hydroxylation sites is 1. The Balaban J connectivity index is 1.73. The number of carbonyl (C=O) groups excluding carboxylic acids is 1. The fraction of sp³-hybridized carbons (Fsp3) is 0.217. The summed E-state index contributed by atoms with van der Waals surface area (Å²) in [7, 11) is 1.63. The number of benzene rings is 2. The Morgan fingerprint density at radius 2 is 1.89 bits per heavy atom. The molecule has 0 unspecified atom stereocenters. The molecule has 2 aromatic rings. The van der Waals surface area contributed by atoms with Crippen molar-refractivity contribution in [3.63, 3.8) is 0 Å². The van der Waals surface area contributed by atoms with Crippen LogP contribution in [0, 0.1) is 0 Å². The first-order valence-electron chi connectivity index (χ1n) is 9.13. The Labute approximate surface area is 159 Å². The second-order valence-electron chi connectivity index (χ2n) is 6.26. The lowest BCUT2D eigenvalue weighted by Crippen LogP contribution is -2.05. The van der Waals surface area contributed by atoms with Crippen LogP contribution in [-0.4, -0.2) is 19.0 Å². The highest BCUT2D eigenvalue weighted by Gasteiger charge is 2.23. The lowest BCUT2D eigenvalue weighted by atomic mass is 10.1. The summed E-state index contributed by atoms with van der Waals surface area (Å²) in [6.07, 6.45) is 8.69. The van der Waals surface area contributed by atoms with E-state index in [9.17, 15) is 4.79 Å². The number of aryl methyl sites for hydroxylation is 1. The molecule has 27 heavy (non-hydrogen) atoms. The van der Waals surface area contributed by atoms with Crippen molar-refractivity contribution < 1.29 is 14.3 Å². The molecule has 0 spiro atoms. The van der Waals surface area contributed by atoms with E-state index in [1.807, 2.05) is 42.5 Å². The normalized spacial score (nSPS) is 15.3. The smallest absolute Gasteiger partial charge is 0.363 e. The van der Waals surface area contributed by atoms with Gasteiger partial charge in [0.2, 0.25) is 5.90 Å². The number of hydrogen-bond donors (Lipinski definition) is 0. The van der Waals surface area contributed by atoms with Crippen LogP contribution >= 0.6 is 0 Å². The number of allylic oxidation sites excluding steroid dienone is 2. The molecule has 0 aromatic heterocycles. The highest BCUT2D eigenvalue weighted by molar-refractivity contribution is 6.11.